The van der Waals surface area contributed by atoms with Crippen LogP contribution in [0, 0.1) is 0 Å². The Bertz CT molecular complexity index is 1170. The van der Waals surface area contributed by atoms with E-state index in [9.17, 15) is 27.6 Å². The maximum Gasteiger partial charge on any atom is 0.418 e. The highest BCUT2D eigenvalue weighted by Crippen LogP contribution is 2.37. The lowest BCUT2D eigenvalue weighted by atomic mass is 10.1. The number of anilines is 1. The highest BCUT2D eigenvalue weighted by Gasteiger charge is 2.36. The molecule has 12 heteroatoms. The van der Waals surface area contributed by atoms with E-state index in [1.807, 2.05) is 29.6 Å². The molecule has 3 amide bonds. The van der Waals surface area contributed by atoms with Gasteiger partial charge in [0.1, 0.15) is 5.60 Å². The number of benzene rings is 2. The summed E-state index contributed by atoms with van der Waals surface area (Å²) < 4.78 is 45.9. The van der Waals surface area contributed by atoms with Crippen molar-refractivity contribution in [2.75, 3.05) is 25.0 Å². The zero-order chi connectivity index (χ0) is 28.1. The molecule has 0 radical (unpaired) electrons. The number of para-hydroxylation sites is 1. The van der Waals surface area contributed by atoms with Crippen molar-refractivity contribution in [2.45, 2.75) is 51.6 Å². The average molecular weight is 555 g/mol. The summed E-state index contributed by atoms with van der Waals surface area (Å²) in [6.45, 7) is 6.28. The van der Waals surface area contributed by atoms with E-state index < -0.39 is 53.0 Å². The molecule has 206 valence electrons. The second-order valence-electron chi connectivity index (χ2n) is 9.95. The first-order chi connectivity index (χ1) is 17.7. The van der Waals surface area contributed by atoms with Crippen LogP contribution < -0.4 is 16.0 Å². The van der Waals surface area contributed by atoms with Crippen LogP contribution in [0.3, 0.4) is 0 Å². The van der Waals surface area contributed by atoms with Crippen LogP contribution in [0.4, 0.5) is 23.7 Å². The molecule has 0 spiro atoms. The number of halogens is 4. The van der Waals surface area contributed by atoms with Crippen LogP contribution in [-0.2, 0) is 22.3 Å². The van der Waals surface area contributed by atoms with Gasteiger partial charge >= 0.3 is 12.3 Å². The van der Waals surface area contributed by atoms with Gasteiger partial charge in [0.05, 0.1) is 23.4 Å². The molecule has 0 unspecified atom stereocenters. The Morgan fingerprint density at radius 3 is 2.39 bits per heavy atom. The van der Waals surface area contributed by atoms with Crippen molar-refractivity contribution >= 4 is 35.2 Å². The topological polar surface area (TPSA) is 99.8 Å². The van der Waals surface area contributed by atoms with Gasteiger partial charge in [-0.05, 0) is 57.0 Å². The van der Waals surface area contributed by atoms with Crippen LogP contribution in [0.5, 0.6) is 0 Å². The fourth-order valence-electron chi connectivity index (χ4n) is 3.99. The maximum absolute atomic E-state index is 13.6. The number of likely N-dealkylation sites (tertiary alicyclic amines) is 1. The number of rotatable bonds is 7. The predicted octanol–water partition coefficient (Wildman–Crippen LogP) is 4.83. The van der Waals surface area contributed by atoms with Crippen LogP contribution in [-0.4, -0.2) is 54.1 Å². The predicted molar refractivity (Wildman–Crippen MR) is 137 cm³/mol. The van der Waals surface area contributed by atoms with Gasteiger partial charge in [-0.25, -0.2) is 4.79 Å². The molecule has 1 saturated heterocycles. The first kappa shape index (κ1) is 29.2. The fourth-order valence-corrected chi connectivity index (χ4v) is 4.12. The van der Waals surface area contributed by atoms with E-state index in [1.165, 1.54) is 0 Å². The molecule has 1 aliphatic heterocycles. The molecule has 2 aromatic carbocycles. The fraction of sp³-hybridized carbons (Fsp3) is 0.423. The van der Waals surface area contributed by atoms with Gasteiger partial charge < -0.3 is 15.4 Å². The number of amides is 3. The minimum absolute atomic E-state index is 0.135. The summed E-state index contributed by atoms with van der Waals surface area (Å²) >= 11 is 5.92. The SMILES string of the molecule is CC(C)(C)OC(=O)Nc1c(C(=O)NCC(=O)N[C@@H]2CCN(Cc3ccc(Cl)cc3)C2)cccc1C(F)(F)F. The van der Waals surface area contributed by atoms with E-state index >= 15 is 0 Å². The molecule has 0 aliphatic carbocycles. The zero-order valence-corrected chi connectivity index (χ0v) is 22.0. The molecule has 1 atom stereocenters. The molecule has 3 rings (SSSR count). The lowest BCUT2D eigenvalue weighted by Crippen LogP contribution is -2.43. The lowest BCUT2D eigenvalue weighted by molar-refractivity contribution is -0.137. The lowest BCUT2D eigenvalue weighted by Gasteiger charge is -2.22. The summed E-state index contributed by atoms with van der Waals surface area (Å²) in [4.78, 5) is 39.6. The molecule has 38 heavy (non-hydrogen) atoms. The van der Waals surface area contributed by atoms with Gasteiger partial charge in [-0.15, -0.1) is 0 Å². The van der Waals surface area contributed by atoms with Gasteiger partial charge in [0.15, 0.2) is 0 Å². The normalized spacial score (nSPS) is 16.1. The van der Waals surface area contributed by atoms with Crippen LogP contribution in [0.25, 0.3) is 0 Å². The smallest absolute Gasteiger partial charge is 0.418 e. The highest BCUT2D eigenvalue weighted by molar-refractivity contribution is 6.30. The molecular formula is C26H30ClF3N4O4. The average Bonchev–Trinajstić information content (AvgIpc) is 3.23. The standard InChI is InChI=1S/C26H30ClF3N4O4/c1-25(2,3)38-24(37)33-22-19(5-4-6-20(22)26(28,29)30)23(36)31-13-21(35)32-18-11-12-34(15-18)14-16-7-9-17(27)10-8-16/h4-10,18H,11-15H2,1-3H3,(H,31,36)(H,32,35)(H,33,37)/t18-/m1/s1. The van der Waals surface area contributed by atoms with E-state index in [1.54, 1.807) is 20.8 Å². The Morgan fingerprint density at radius 1 is 1.08 bits per heavy atom. The first-order valence-electron chi connectivity index (χ1n) is 12.0. The number of alkyl halides is 3. The van der Waals surface area contributed by atoms with E-state index in [4.69, 9.17) is 16.3 Å². The molecule has 3 N–H and O–H groups in total. The summed E-state index contributed by atoms with van der Waals surface area (Å²) in [5.74, 6) is -1.43. The van der Waals surface area contributed by atoms with Crippen molar-refractivity contribution in [1.29, 1.82) is 0 Å². The highest BCUT2D eigenvalue weighted by atomic mass is 35.5. The minimum atomic E-state index is -4.85. The number of hydrogen-bond acceptors (Lipinski definition) is 5. The summed E-state index contributed by atoms with van der Waals surface area (Å²) in [5.41, 5.74) is -2.30. The molecule has 0 bridgehead atoms. The van der Waals surface area contributed by atoms with E-state index in [-0.39, 0.29) is 6.04 Å². The van der Waals surface area contributed by atoms with Crippen LogP contribution >= 0.6 is 11.6 Å². The number of ether oxygens (including phenoxy) is 1. The Balaban J connectivity index is 1.59. The Morgan fingerprint density at radius 2 is 1.76 bits per heavy atom. The third-order valence-electron chi connectivity index (χ3n) is 5.61. The van der Waals surface area contributed by atoms with E-state index in [0.717, 1.165) is 30.3 Å². The van der Waals surface area contributed by atoms with Crippen LogP contribution in [0.1, 0.15) is 48.7 Å². The maximum atomic E-state index is 13.6. The summed E-state index contributed by atoms with van der Waals surface area (Å²) in [6, 6.07) is 10.3. The molecule has 0 aromatic heterocycles. The second kappa shape index (κ2) is 12.0. The largest absolute Gasteiger partial charge is 0.444 e. The van der Waals surface area contributed by atoms with Crippen molar-refractivity contribution in [3.05, 3.63) is 64.2 Å². The van der Waals surface area contributed by atoms with Gasteiger partial charge in [-0.2, -0.15) is 13.2 Å². The van der Waals surface area contributed by atoms with Gasteiger partial charge in [-0.3, -0.25) is 19.8 Å². The first-order valence-corrected chi connectivity index (χ1v) is 12.3. The minimum Gasteiger partial charge on any atom is -0.444 e. The van der Waals surface area contributed by atoms with Gasteiger partial charge in [0.2, 0.25) is 5.91 Å². The molecule has 0 saturated carbocycles. The molecular weight excluding hydrogens is 525 g/mol. The van der Waals surface area contributed by atoms with E-state index in [2.05, 4.69) is 15.5 Å². The van der Waals surface area contributed by atoms with Crippen molar-refractivity contribution in [3.8, 4) is 0 Å². The quantitative estimate of drug-likeness (QED) is 0.455. The van der Waals surface area contributed by atoms with Crippen molar-refractivity contribution in [1.82, 2.24) is 15.5 Å². The summed E-state index contributed by atoms with van der Waals surface area (Å²) in [7, 11) is 0. The van der Waals surface area contributed by atoms with Crippen LogP contribution in [0.2, 0.25) is 5.02 Å². The van der Waals surface area contributed by atoms with Gasteiger partial charge in [0.25, 0.3) is 5.91 Å². The molecule has 8 nitrogen and oxygen atoms in total. The number of carbonyl (C=O) groups is 3. The zero-order valence-electron chi connectivity index (χ0n) is 21.2. The third kappa shape index (κ3) is 8.63. The van der Waals surface area contributed by atoms with Gasteiger partial charge in [-0.1, -0.05) is 29.8 Å². The third-order valence-corrected chi connectivity index (χ3v) is 5.86. The molecule has 1 aliphatic rings. The Hall–Kier alpha value is -3.31. The van der Waals surface area contributed by atoms with E-state index in [0.29, 0.717) is 24.5 Å². The number of hydrogen-bond donors (Lipinski definition) is 3. The summed E-state index contributed by atoms with van der Waals surface area (Å²) in [6.07, 6.45) is -5.28. The van der Waals surface area contributed by atoms with Crippen molar-refractivity contribution in [3.63, 3.8) is 0 Å². The number of nitrogens with one attached hydrogen (secondary N) is 3. The molecule has 2 aromatic rings. The Labute approximate surface area is 223 Å². The summed E-state index contributed by atoms with van der Waals surface area (Å²) in [5, 5.41) is 7.86. The number of nitrogens with zero attached hydrogens (tertiary/aromatic N) is 1. The van der Waals surface area contributed by atoms with Crippen LogP contribution in [0.15, 0.2) is 42.5 Å². The monoisotopic (exact) mass is 554 g/mol. The molecule has 1 heterocycles. The van der Waals surface area contributed by atoms with Crippen molar-refractivity contribution in [2.24, 2.45) is 0 Å². The second-order valence-corrected chi connectivity index (χ2v) is 10.4. The van der Waals surface area contributed by atoms with Gasteiger partial charge in [0, 0.05) is 30.7 Å². The Kier molecular flexibility index (Phi) is 9.26. The number of carbonyl (C=O) groups excluding carboxylic acids is 3. The molecule has 1 fully saturated rings. The van der Waals surface area contributed by atoms with Crippen molar-refractivity contribution < 1.29 is 32.3 Å².